The Hall–Kier alpha value is -1.65. The number of rotatable bonds is 5. The van der Waals surface area contributed by atoms with Crippen LogP contribution in [0.3, 0.4) is 0 Å². The molecule has 0 bridgehead atoms. The summed E-state index contributed by atoms with van der Waals surface area (Å²) >= 11 is 0. The van der Waals surface area contributed by atoms with Gasteiger partial charge >= 0.3 is 5.69 Å². The quantitative estimate of drug-likeness (QED) is 0.641. The van der Waals surface area contributed by atoms with Gasteiger partial charge in [-0.25, -0.2) is 0 Å². The Bertz CT molecular complexity index is 447. The summed E-state index contributed by atoms with van der Waals surface area (Å²) in [6.07, 6.45) is 4.91. The third kappa shape index (κ3) is 2.97. The molecule has 1 aromatic rings. The number of benzene rings is 1. The van der Waals surface area contributed by atoms with Crippen molar-refractivity contribution < 1.29 is 9.31 Å². The second kappa shape index (κ2) is 5.33. The van der Waals surface area contributed by atoms with Crippen LogP contribution in [0.1, 0.15) is 32.6 Å². The van der Waals surface area contributed by atoms with Gasteiger partial charge in [0.2, 0.25) is 5.82 Å². The summed E-state index contributed by atoms with van der Waals surface area (Å²) in [6.45, 7) is 2.05. The molecule has 0 heterocycles. The molecule has 2 rings (SSSR count). The predicted molar refractivity (Wildman–Crippen MR) is 68.1 cm³/mol. The molecule has 4 nitrogen and oxygen atoms in total. The van der Waals surface area contributed by atoms with Crippen LogP contribution in [0, 0.1) is 21.8 Å². The minimum absolute atomic E-state index is 0.250. The van der Waals surface area contributed by atoms with Crippen LogP contribution >= 0.6 is 0 Å². The Morgan fingerprint density at radius 1 is 1.56 bits per heavy atom. The highest BCUT2D eigenvalue weighted by atomic mass is 19.1. The average Bonchev–Trinajstić information content (AvgIpc) is 2.26. The monoisotopic (exact) mass is 252 g/mol. The van der Waals surface area contributed by atoms with Crippen molar-refractivity contribution in [3.05, 3.63) is 34.1 Å². The van der Waals surface area contributed by atoms with Crippen molar-refractivity contribution in [2.24, 2.45) is 5.92 Å². The van der Waals surface area contributed by atoms with E-state index in [1.807, 2.05) is 6.92 Å². The fraction of sp³-hybridized carbons (Fsp3) is 0.538. The third-order valence-corrected chi connectivity index (χ3v) is 3.47. The minimum atomic E-state index is -0.794. The summed E-state index contributed by atoms with van der Waals surface area (Å²) < 4.78 is 13.2. The number of nitrogens with one attached hydrogen (secondary N) is 1. The van der Waals surface area contributed by atoms with E-state index in [1.54, 1.807) is 6.07 Å². The van der Waals surface area contributed by atoms with Gasteiger partial charge in [-0.15, -0.1) is 0 Å². The SMILES string of the molecule is CC(CC1CCC1)Nc1ccc(F)c([N+](=O)[O-])c1. The Morgan fingerprint density at radius 2 is 2.28 bits per heavy atom. The van der Waals surface area contributed by atoms with E-state index >= 15 is 0 Å². The molecule has 5 heteroatoms. The lowest BCUT2D eigenvalue weighted by molar-refractivity contribution is -0.387. The van der Waals surface area contributed by atoms with Crippen LogP contribution in [-0.2, 0) is 0 Å². The van der Waals surface area contributed by atoms with Gasteiger partial charge in [0.05, 0.1) is 4.92 Å². The second-order valence-electron chi connectivity index (χ2n) is 5.00. The summed E-state index contributed by atoms with van der Waals surface area (Å²) in [5.74, 6) is -0.0277. The van der Waals surface area contributed by atoms with Crippen molar-refractivity contribution in [1.29, 1.82) is 0 Å². The first-order valence-corrected chi connectivity index (χ1v) is 6.26. The minimum Gasteiger partial charge on any atom is -0.382 e. The van der Waals surface area contributed by atoms with Gasteiger partial charge in [-0.05, 0) is 31.4 Å². The van der Waals surface area contributed by atoms with Crippen LogP contribution in [0.4, 0.5) is 15.8 Å². The zero-order chi connectivity index (χ0) is 13.1. The smallest absolute Gasteiger partial charge is 0.306 e. The fourth-order valence-electron chi connectivity index (χ4n) is 2.31. The summed E-state index contributed by atoms with van der Waals surface area (Å²) in [5, 5.41) is 13.8. The molecule has 0 aromatic heterocycles. The maximum absolute atomic E-state index is 13.2. The molecule has 0 amide bonds. The van der Waals surface area contributed by atoms with E-state index in [1.165, 1.54) is 25.3 Å². The molecular formula is C13H17FN2O2. The zero-order valence-corrected chi connectivity index (χ0v) is 10.4. The van der Waals surface area contributed by atoms with Crippen molar-refractivity contribution in [3.8, 4) is 0 Å². The average molecular weight is 252 g/mol. The van der Waals surface area contributed by atoms with Crippen LogP contribution < -0.4 is 5.32 Å². The first kappa shape index (κ1) is 12.8. The van der Waals surface area contributed by atoms with E-state index in [2.05, 4.69) is 5.32 Å². The van der Waals surface area contributed by atoms with Crippen molar-refractivity contribution >= 4 is 11.4 Å². The van der Waals surface area contributed by atoms with Gasteiger partial charge in [-0.2, -0.15) is 4.39 Å². The molecule has 1 atom stereocenters. The van der Waals surface area contributed by atoms with Crippen LogP contribution in [0.25, 0.3) is 0 Å². The molecule has 1 saturated carbocycles. The zero-order valence-electron chi connectivity index (χ0n) is 10.4. The standard InChI is InChI=1S/C13H17FN2O2/c1-9(7-10-3-2-4-10)15-11-5-6-12(14)13(8-11)16(17)18/h5-6,8-10,15H,2-4,7H2,1H3. The molecule has 18 heavy (non-hydrogen) atoms. The lowest BCUT2D eigenvalue weighted by atomic mass is 9.81. The van der Waals surface area contributed by atoms with Crippen LogP contribution in [0.15, 0.2) is 18.2 Å². The van der Waals surface area contributed by atoms with Gasteiger partial charge < -0.3 is 5.32 Å². The number of nitro groups is 1. The van der Waals surface area contributed by atoms with E-state index < -0.39 is 16.4 Å². The van der Waals surface area contributed by atoms with Gasteiger partial charge in [0.15, 0.2) is 0 Å². The molecular weight excluding hydrogens is 235 g/mol. The molecule has 0 saturated heterocycles. The van der Waals surface area contributed by atoms with Crippen molar-refractivity contribution in [1.82, 2.24) is 0 Å². The maximum Gasteiger partial charge on any atom is 0.306 e. The van der Waals surface area contributed by atoms with E-state index in [-0.39, 0.29) is 6.04 Å². The largest absolute Gasteiger partial charge is 0.382 e. The molecule has 0 aliphatic heterocycles. The predicted octanol–water partition coefficient (Wildman–Crippen LogP) is 3.72. The van der Waals surface area contributed by atoms with Gasteiger partial charge in [-0.1, -0.05) is 19.3 Å². The normalized spacial score (nSPS) is 17.0. The second-order valence-corrected chi connectivity index (χ2v) is 5.00. The number of hydrogen-bond donors (Lipinski definition) is 1. The molecule has 1 aromatic carbocycles. The van der Waals surface area contributed by atoms with Crippen LogP contribution in [0.5, 0.6) is 0 Å². The molecule has 1 N–H and O–H groups in total. The van der Waals surface area contributed by atoms with Gasteiger partial charge in [0.1, 0.15) is 0 Å². The van der Waals surface area contributed by atoms with Crippen molar-refractivity contribution in [2.45, 2.75) is 38.6 Å². The van der Waals surface area contributed by atoms with Gasteiger partial charge in [-0.3, -0.25) is 10.1 Å². The maximum atomic E-state index is 13.2. The van der Waals surface area contributed by atoms with E-state index in [4.69, 9.17) is 0 Å². The first-order valence-electron chi connectivity index (χ1n) is 6.26. The molecule has 1 fully saturated rings. The summed E-state index contributed by atoms with van der Waals surface area (Å²) in [4.78, 5) is 9.93. The first-order chi connectivity index (χ1) is 8.56. The van der Waals surface area contributed by atoms with Crippen molar-refractivity contribution in [2.75, 3.05) is 5.32 Å². The van der Waals surface area contributed by atoms with Crippen molar-refractivity contribution in [3.63, 3.8) is 0 Å². The molecule has 98 valence electrons. The van der Waals surface area contributed by atoms with Crippen LogP contribution in [-0.4, -0.2) is 11.0 Å². The lowest BCUT2D eigenvalue weighted by Gasteiger charge is -2.28. The summed E-state index contributed by atoms with van der Waals surface area (Å²) in [7, 11) is 0. The Morgan fingerprint density at radius 3 is 2.83 bits per heavy atom. The van der Waals surface area contributed by atoms with E-state index in [9.17, 15) is 14.5 Å². The molecule has 1 aliphatic carbocycles. The van der Waals surface area contributed by atoms with E-state index in [0.29, 0.717) is 5.69 Å². The Balaban J connectivity index is 1.99. The van der Waals surface area contributed by atoms with Gasteiger partial charge in [0, 0.05) is 17.8 Å². The number of nitro benzene ring substituents is 1. The third-order valence-electron chi connectivity index (χ3n) is 3.47. The fourth-order valence-corrected chi connectivity index (χ4v) is 2.31. The number of hydrogen-bond acceptors (Lipinski definition) is 3. The van der Waals surface area contributed by atoms with Gasteiger partial charge in [0.25, 0.3) is 0 Å². The highest BCUT2D eigenvalue weighted by molar-refractivity contribution is 5.52. The molecule has 1 unspecified atom stereocenters. The molecule has 1 aliphatic rings. The number of anilines is 1. The topological polar surface area (TPSA) is 55.2 Å². The lowest BCUT2D eigenvalue weighted by Crippen LogP contribution is -2.23. The van der Waals surface area contributed by atoms with E-state index in [0.717, 1.165) is 18.4 Å². The van der Waals surface area contributed by atoms with Crippen LogP contribution in [0.2, 0.25) is 0 Å². The highest BCUT2D eigenvalue weighted by Gasteiger charge is 2.20. The Labute approximate surface area is 105 Å². The number of halogens is 1. The molecule has 0 spiro atoms. The Kier molecular flexibility index (Phi) is 3.79. The number of nitrogens with zero attached hydrogens (tertiary/aromatic N) is 1. The molecule has 0 radical (unpaired) electrons. The summed E-state index contributed by atoms with van der Waals surface area (Å²) in [5.41, 5.74) is 0.130. The highest BCUT2D eigenvalue weighted by Crippen LogP contribution is 2.31. The summed E-state index contributed by atoms with van der Waals surface area (Å²) in [6, 6.07) is 4.18.